The molecule has 24 heavy (non-hydrogen) atoms. The first kappa shape index (κ1) is 16.2. The number of amides is 1. The lowest BCUT2D eigenvalue weighted by atomic mass is 10.1. The number of hydrogen-bond acceptors (Lipinski definition) is 3. The summed E-state index contributed by atoms with van der Waals surface area (Å²) < 4.78 is 0. The van der Waals surface area contributed by atoms with E-state index in [2.05, 4.69) is 22.3 Å². The second kappa shape index (κ2) is 7.27. The maximum atomic E-state index is 12.6. The first-order valence-corrected chi connectivity index (χ1v) is 8.06. The van der Waals surface area contributed by atoms with Crippen LogP contribution in [0.5, 0.6) is 0 Å². The minimum absolute atomic E-state index is 0.0778. The molecule has 0 radical (unpaired) electrons. The molecule has 1 aliphatic heterocycles. The molecule has 0 spiro atoms. The van der Waals surface area contributed by atoms with Crippen molar-refractivity contribution in [3.05, 3.63) is 65.7 Å². The zero-order valence-electron chi connectivity index (χ0n) is 13.3. The lowest BCUT2D eigenvalue weighted by Gasteiger charge is -2.23. The Kier molecular flexibility index (Phi) is 4.91. The van der Waals surface area contributed by atoms with Gasteiger partial charge in [0.15, 0.2) is 0 Å². The van der Waals surface area contributed by atoms with Crippen molar-refractivity contribution < 1.29 is 14.7 Å². The molecule has 1 fully saturated rings. The highest BCUT2D eigenvalue weighted by Gasteiger charge is 2.30. The molecule has 0 saturated carbocycles. The molecule has 1 amide bonds. The normalized spacial score (nSPS) is 17.6. The van der Waals surface area contributed by atoms with E-state index >= 15 is 0 Å². The van der Waals surface area contributed by atoms with Crippen LogP contribution in [-0.4, -0.2) is 34.5 Å². The Bertz CT molecular complexity index is 730. The van der Waals surface area contributed by atoms with Crippen molar-refractivity contribution in [3.8, 4) is 0 Å². The van der Waals surface area contributed by atoms with Gasteiger partial charge in [0.25, 0.3) is 0 Å². The molecule has 3 rings (SSSR count). The molecule has 0 aromatic heterocycles. The fourth-order valence-electron chi connectivity index (χ4n) is 3.09. The van der Waals surface area contributed by atoms with Gasteiger partial charge in [-0.1, -0.05) is 36.4 Å². The van der Waals surface area contributed by atoms with Crippen LogP contribution in [0.4, 0.5) is 5.69 Å². The number of nitrogens with zero attached hydrogens (tertiary/aromatic N) is 1. The summed E-state index contributed by atoms with van der Waals surface area (Å²) in [5.74, 6) is -1.08. The van der Waals surface area contributed by atoms with Crippen molar-refractivity contribution in [2.75, 3.05) is 11.9 Å². The molecule has 124 valence electrons. The van der Waals surface area contributed by atoms with Crippen LogP contribution in [0.1, 0.15) is 28.8 Å². The van der Waals surface area contributed by atoms with E-state index in [1.54, 1.807) is 12.1 Å². The Hall–Kier alpha value is -2.66. The van der Waals surface area contributed by atoms with Gasteiger partial charge in [-0.3, -0.25) is 9.69 Å². The lowest BCUT2D eigenvalue weighted by Crippen LogP contribution is -2.39. The molecular formula is C19H20N2O3. The summed E-state index contributed by atoms with van der Waals surface area (Å²) in [6.07, 6.45) is 1.80. The highest BCUT2D eigenvalue weighted by Crippen LogP contribution is 2.22. The number of carbonyl (C=O) groups excluding carboxylic acids is 1. The maximum absolute atomic E-state index is 12.6. The summed E-state index contributed by atoms with van der Waals surface area (Å²) in [5.41, 5.74) is 1.87. The first-order chi connectivity index (χ1) is 11.6. The fourth-order valence-corrected chi connectivity index (χ4v) is 3.09. The number of hydrogen-bond donors (Lipinski definition) is 2. The van der Waals surface area contributed by atoms with Crippen LogP contribution in [0, 0.1) is 0 Å². The van der Waals surface area contributed by atoms with Gasteiger partial charge in [0.2, 0.25) is 5.91 Å². The number of nitrogens with one attached hydrogen (secondary N) is 1. The number of carboxylic acid groups (broad SMARTS) is 1. The van der Waals surface area contributed by atoms with E-state index in [-0.39, 0.29) is 17.5 Å². The van der Waals surface area contributed by atoms with Gasteiger partial charge >= 0.3 is 5.97 Å². The van der Waals surface area contributed by atoms with Crippen molar-refractivity contribution in [3.63, 3.8) is 0 Å². The minimum Gasteiger partial charge on any atom is -0.478 e. The number of carbonyl (C=O) groups is 2. The molecule has 5 heteroatoms. The van der Waals surface area contributed by atoms with Crippen molar-refractivity contribution in [1.82, 2.24) is 4.90 Å². The standard InChI is InChI=1S/C19H20N2O3/c22-18(20-16-9-4-8-15(12-16)19(23)24)17-10-5-11-21(17)13-14-6-2-1-3-7-14/h1-4,6-9,12,17H,5,10-11,13H2,(H,20,22)(H,23,24)/t17-/m1/s1. The third-order valence-corrected chi connectivity index (χ3v) is 4.27. The average molecular weight is 324 g/mol. The molecule has 1 saturated heterocycles. The predicted octanol–water partition coefficient (Wildman–Crippen LogP) is 2.99. The SMILES string of the molecule is O=C(O)c1cccc(NC(=O)[C@H]2CCCN2Cc2ccccc2)c1. The van der Waals surface area contributed by atoms with E-state index in [1.165, 1.54) is 17.7 Å². The average Bonchev–Trinajstić information content (AvgIpc) is 3.04. The Morgan fingerprint density at radius 3 is 2.67 bits per heavy atom. The van der Waals surface area contributed by atoms with Gasteiger partial charge in [0.05, 0.1) is 11.6 Å². The Morgan fingerprint density at radius 2 is 1.92 bits per heavy atom. The molecule has 0 aliphatic carbocycles. The predicted molar refractivity (Wildman–Crippen MR) is 91.9 cm³/mol. The summed E-state index contributed by atoms with van der Waals surface area (Å²) >= 11 is 0. The molecular weight excluding hydrogens is 304 g/mol. The van der Waals surface area contributed by atoms with Crippen molar-refractivity contribution in [2.24, 2.45) is 0 Å². The quantitative estimate of drug-likeness (QED) is 0.887. The van der Waals surface area contributed by atoms with Gasteiger partial charge in [0, 0.05) is 12.2 Å². The smallest absolute Gasteiger partial charge is 0.335 e. The summed E-state index contributed by atoms with van der Waals surface area (Å²) in [6, 6.07) is 16.2. The topological polar surface area (TPSA) is 69.6 Å². The number of benzene rings is 2. The molecule has 1 heterocycles. The fraction of sp³-hybridized carbons (Fsp3) is 0.263. The van der Waals surface area contributed by atoms with E-state index in [9.17, 15) is 9.59 Å². The van der Waals surface area contributed by atoms with Gasteiger partial charge in [-0.25, -0.2) is 4.79 Å². The van der Waals surface area contributed by atoms with Gasteiger partial charge in [0.1, 0.15) is 0 Å². The monoisotopic (exact) mass is 324 g/mol. The van der Waals surface area contributed by atoms with Crippen molar-refractivity contribution in [1.29, 1.82) is 0 Å². The van der Waals surface area contributed by atoms with Gasteiger partial charge in [-0.15, -0.1) is 0 Å². The molecule has 0 unspecified atom stereocenters. The zero-order valence-corrected chi connectivity index (χ0v) is 13.3. The Morgan fingerprint density at radius 1 is 1.12 bits per heavy atom. The second-order valence-electron chi connectivity index (χ2n) is 5.99. The largest absolute Gasteiger partial charge is 0.478 e. The second-order valence-corrected chi connectivity index (χ2v) is 5.99. The van der Waals surface area contributed by atoms with E-state index in [0.29, 0.717) is 5.69 Å². The third kappa shape index (κ3) is 3.81. The maximum Gasteiger partial charge on any atom is 0.335 e. The van der Waals surface area contributed by atoms with E-state index in [1.807, 2.05) is 18.2 Å². The molecule has 0 bridgehead atoms. The lowest BCUT2D eigenvalue weighted by molar-refractivity contribution is -0.120. The van der Waals surface area contributed by atoms with Gasteiger partial charge < -0.3 is 10.4 Å². The summed E-state index contributed by atoms with van der Waals surface area (Å²) in [5, 5.41) is 11.9. The van der Waals surface area contributed by atoms with E-state index in [0.717, 1.165) is 25.9 Å². The summed E-state index contributed by atoms with van der Waals surface area (Å²) in [7, 11) is 0. The first-order valence-electron chi connectivity index (χ1n) is 8.06. The van der Waals surface area contributed by atoms with E-state index in [4.69, 9.17) is 5.11 Å². The summed E-state index contributed by atoms with van der Waals surface area (Å²) in [4.78, 5) is 25.8. The molecule has 5 nitrogen and oxygen atoms in total. The minimum atomic E-state index is -1.00. The van der Waals surface area contributed by atoms with Crippen LogP contribution in [0.15, 0.2) is 54.6 Å². The molecule has 2 N–H and O–H groups in total. The number of carboxylic acids is 1. The summed E-state index contributed by atoms with van der Waals surface area (Å²) in [6.45, 7) is 1.64. The van der Waals surface area contributed by atoms with Crippen molar-refractivity contribution >= 4 is 17.6 Å². The van der Waals surface area contributed by atoms with Crippen LogP contribution in [0.2, 0.25) is 0 Å². The van der Waals surface area contributed by atoms with Crippen LogP contribution in [0.25, 0.3) is 0 Å². The van der Waals surface area contributed by atoms with Crippen molar-refractivity contribution in [2.45, 2.75) is 25.4 Å². The number of anilines is 1. The molecule has 2 aromatic carbocycles. The number of likely N-dealkylation sites (tertiary alicyclic amines) is 1. The van der Waals surface area contributed by atoms with Gasteiger partial charge in [-0.2, -0.15) is 0 Å². The van der Waals surface area contributed by atoms with Crippen LogP contribution in [0.3, 0.4) is 0 Å². The van der Waals surface area contributed by atoms with E-state index < -0.39 is 5.97 Å². The highest BCUT2D eigenvalue weighted by molar-refractivity contribution is 5.96. The number of rotatable bonds is 5. The Labute approximate surface area is 140 Å². The highest BCUT2D eigenvalue weighted by atomic mass is 16.4. The molecule has 1 aliphatic rings. The zero-order chi connectivity index (χ0) is 16.9. The van der Waals surface area contributed by atoms with Crippen LogP contribution >= 0.6 is 0 Å². The Balaban J connectivity index is 1.67. The van der Waals surface area contributed by atoms with Crippen LogP contribution < -0.4 is 5.32 Å². The molecule has 1 atom stereocenters. The third-order valence-electron chi connectivity index (χ3n) is 4.27. The van der Waals surface area contributed by atoms with Gasteiger partial charge in [-0.05, 0) is 43.1 Å². The molecule has 2 aromatic rings. The number of aromatic carboxylic acids is 1. The van der Waals surface area contributed by atoms with Crippen LogP contribution in [-0.2, 0) is 11.3 Å².